The molecule has 1 aliphatic heterocycles. The number of benzene rings is 2. The number of alkyl halides is 4. The number of nitrogens with two attached hydrogens (primary N) is 1. The second-order valence-electron chi connectivity index (χ2n) is 7.19. The van der Waals surface area contributed by atoms with Crippen molar-refractivity contribution in [2.24, 2.45) is 5.14 Å². The van der Waals surface area contributed by atoms with E-state index in [4.69, 9.17) is 5.14 Å². The summed E-state index contributed by atoms with van der Waals surface area (Å²) >= 11 is 0. The van der Waals surface area contributed by atoms with E-state index in [1.807, 2.05) is 0 Å². The number of nitrogens with zero attached hydrogens (tertiary/aromatic N) is 1. The average molecular weight is 434 g/mol. The van der Waals surface area contributed by atoms with Crippen molar-refractivity contribution in [1.82, 2.24) is 0 Å². The van der Waals surface area contributed by atoms with Crippen LogP contribution in [0.4, 0.5) is 27.6 Å². The van der Waals surface area contributed by atoms with Gasteiger partial charge >= 0.3 is 6.18 Å². The standard InChI is InChI=1S/C19H19F5N2O2S/c1-12-8-13(10-14(20)9-12)18(21)4-6-26(7-5-18)15-2-3-17(29(25,27)28)16(11-15)19(22,23)24/h2-3,8-11H,4-7H2,1H3,(H2,25,27,28). The zero-order valence-corrected chi connectivity index (χ0v) is 16.2. The van der Waals surface area contributed by atoms with Gasteiger partial charge in [0.2, 0.25) is 10.0 Å². The number of anilines is 1. The largest absolute Gasteiger partial charge is 0.417 e. The van der Waals surface area contributed by atoms with E-state index in [1.165, 1.54) is 17.0 Å². The summed E-state index contributed by atoms with van der Waals surface area (Å²) in [5, 5.41) is 4.89. The number of rotatable bonds is 3. The predicted octanol–water partition coefficient (Wildman–Crippen LogP) is 4.27. The zero-order valence-electron chi connectivity index (χ0n) is 15.4. The van der Waals surface area contributed by atoms with E-state index in [0.717, 1.165) is 12.1 Å². The van der Waals surface area contributed by atoms with E-state index in [0.29, 0.717) is 11.6 Å². The Morgan fingerprint density at radius 3 is 2.21 bits per heavy atom. The first kappa shape index (κ1) is 21.5. The molecule has 158 valence electrons. The Bertz CT molecular complexity index is 1010. The molecule has 0 amide bonds. The van der Waals surface area contributed by atoms with Crippen LogP contribution >= 0.6 is 0 Å². The SMILES string of the molecule is Cc1cc(F)cc(C2(F)CCN(c3ccc(S(N)(=O)=O)c(C(F)(F)F)c3)CC2)c1. The van der Waals surface area contributed by atoms with Crippen molar-refractivity contribution in [3.05, 3.63) is 58.9 Å². The third-order valence-corrected chi connectivity index (χ3v) is 6.02. The van der Waals surface area contributed by atoms with Crippen LogP contribution in [-0.2, 0) is 21.9 Å². The number of aryl methyl sites for hydroxylation is 1. The Labute approximate surface area is 165 Å². The van der Waals surface area contributed by atoms with Crippen LogP contribution < -0.4 is 10.0 Å². The molecule has 1 aliphatic rings. The van der Waals surface area contributed by atoms with Crippen LogP contribution in [0.25, 0.3) is 0 Å². The van der Waals surface area contributed by atoms with Crippen molar-refractivity contribution in [1.29, 1.82) is 0 Å². The van der Waals surface area contributed by atoms with Crippen molar-refractivity contribution in [2.45, 2.75) is 36.5 Å². The van der Waals surface area contributed by atoms with Gasteiger partial charge in [0, 0.05) is 31.6 Å². The van der Waals surface area contributed by atoms with E-state index in [9.17, 15) is 26.0 Å². The maximum absolute atomic E-state index is 15.4. The van der Waals surface area contributed by atoms with Gasteiger partial charge in [-0.3, -0.25) is 0 Å². The molecule has 0 radical (unpaired) electrons. The minimum absolute atomic E-state index is 0.0474. The maximum atomic E-state index is 15.4. The first-order valence-corrected chi connectivity index (χ1v) is 10.3. The summed E-state index contributed by atoms with van der Waals surface area (Å²) in [6.07, 6.45) is -5.02. The van der Waals surface area contributed by atoms with Crippen LogP contribution in [0.1, 0.15) is 29.5 Å². The average Bonchev–Trinajstić information content (AvgIpc) is 2.59. The van der Waals surface area contributed by atoms with E-state index < -0.39 is 38.1 Å². The summed E-state index contributed by atoms with van der Waals surface area (Å²) in [5.41, 5.74) is -2.27. The number of hydrogen-bond acceptors (Lipinski definition) is 3. The summed E-state index contributed by atoms with van der Waals surface area (Å²) in [6.45, 7) is 1.81. The lowest BCUT2D eigenvalue weighted by atomic mass is 9.85. The topological polar surface area (TPSA) is 63.4 Å². The normalized spacial score (nSPS) is 17.4. The quantitative estimate of drug-likeness (QED) is 0.734. The minimum atomic E-state index is -4.92. The van der Waals surface area contributed by atoms with Gasteiger partial charge in [0.05, 0.1) is 10.5 Å². The fraction of sp³-hybridized carbons (Fsp3) is 0.368. The molecule has 0 atom stereocenters. The lowest BCUT2D eigenvalue weighted by molar-refractivity contribution is -0.139. The highest BCUT2D eigenvalue weighted by Crippen LogP contribution is 2.41. The second kappa shape index (κ2) is 7.24. The molecule has 0 saturated carbocycles. The van der Waals surface area contributed by atoms with Crippen LogP contribution in [-0.4, -0.2) is 21.5 Å². The minimum Gasteiger partial charge on any atom is -0.371 e. The summed E-state index contributed by atoms with van der Waals surface area (Å²) in [7, 11) is -4.56. The second-order valence-corrected chi connectivity index (χ2v) is 8.72. The van der Waals surface area contributed by atoms with Crippen molar-refractivity contribution in [3.8, 4) is 0 Å². The Hall–Kier alpha value is -2.20. The molecule has 2 N–H and O–H groups in total. The van der Waals surface area contributed by atoms with Crippen LogP contribution in [0.2, 0.25) is 0 Å². The maximum Gasteiger partial charge on any atom is 0.417 e. The fourth-order valence-electron chi connectivity index (χ4n) is 3.59. The van der Waals surface area contributed by atoms with Crippen molar-refractivity contribution >= 4 is 15.7 Å². The van der Waals surface area contributed by atoms with E-state index in [-0.39, 0.29) is 37.2 Å². The molecular formula is C19H19F5N2O2S. The van der Waals surface area contributed by atoms with Crippen molar-refractivity contribution < 1.29 is 30.4 Å². The molecule has 1 saturated heterocycles. The third-order valence-electron chi connectivity index (χ3n) is 5.06. The fourth-order valence-corrected chi connectivity index (χ4v) is 4.33. The first-order chi connectivity index (χ1) is 13.3. The Morgan fingerprint density at radius 2 is 1.69 bits per heavy atom. The summed E-state index contributed by atoms with van der Waals surface area (Å²) < 4.78 is 91.9. The van der Waals surface area contributed by atoms with E-state index in [2.05, 4.69) is 0 Å². The molecule has 1 heterocycles. The molecule has 29 heavy (non-hydrogen) atoms. The molecule has 10 heteroatoms. The molecule has 0 aromatic heterocycles. The first-order valence-electron chi connectivity index (χ1n) is 8.75. The number of piperidine rings is 1. The van der Waals surface area contributed by atoms with Gasteiger partial charge in [0.25, 0.3) is 0 Å². The highest BCUT2D eigenvalue weighted by Gasteiger charge is 2.39. The Kier molecular flexibility index (Phi) is 5.37. The van der Waals surface area contributed by atoms with Crippen LogP contribution in [0.5, 0.6) is 0 Å². The number of primary sulfonamides is 1. The molecule has 0 unspecified atom stereocenters. The van der Waals surface area contributed by atoms with E-state index >= 15 is 4.39 Å². The highest BCUT2D eigenvalue weighted by molar-refractivity contribution is 7.89. The summed E-state index contributed by atoms with van der Waals surface area (Å²) in [6, 6.07) is 6.70. The number of sulfonamides is 1. The molecule has 2 aromatic carbocycles. The van der Waals surface area contributed by atoms with Crippen LogP contribution in [0.3, 0.4) is 0 Å². The van der Waals surface area contributed by atoms with Gasteiger partial charge in [-0.25, -0.2) is 22.3 Å². The van der Waals surface area contributed by atoms with Gasteiger partial charge in [0.1, 0.15) is 11.5 Å². The van der Waals surface area contributed by atoms with Crippen molar-refractivity contribution in [3.63, 3.8) is 0 Å². The van der Waals surface area contributed by atoms with Crippen molar-refractivity contribution in [2.75, 3.05) is 18.0 Å². The Morgan fingerprint density at radius 1 is 1.07 bits per heavy atom. The van der Waals surface area contributed by atoms with Crippen LogP contribution in [0, 0.1) is 12.7 Å². The lowest BCUT2D eigenvalue weighted by Crippen LogP contribution is -2.40. The van der Waals surface area contributed by atoms with Gasteiger partial charge in [0.15, 0.2) is 0 Å². The van der Waals surface area contributed by atoms with Gasteiger partial charge < -0.3 is 4.90 Å². The molecule has 0 bridgehead atoms. The van der Waals surface area contributed by atoms with Gasteiger partial charge in [-0.15, -0.1) is 0 Å². The van der Waals surface area contributed by atoms with Gasteiger partial charge in [-0.2, -0.15) is 13.2 Å². The zero-order chi connectivity index (χ0) is 21.6. The van der Waals surface area contributed by atoms with Gasteiger partial charge in [-0.05, 0) is 48.4 Å². The highest BCUT2D eigenvalue weighted by atomic mass is 32.2. The number of hydrogen-bond donors (Lipinski definition) is 1. The third kappa shape index (κ3) is 4.53. The molecular weight excluding hydrogens is 415 g/mol. The monoisotopic (exact) mass is 434 g/mol. The van der Waals surface area contributed by atoms with E-state index in [1.54, 1.807) is 13.0 Å². The molecule has 2 aromatic rings. The smallest absolute Gasteiger partial charge is 0.371 e. The molecule has 0 aliphatic carbocycles. The Balaban J connectivity index is 1.87. The molecule has 1 fully saturated rings. The predicted molar refractivity (Wildman–Crippen MR) is 98.2 cm³/mol. The van der Waals surface area contributed by atoms with Gasteiger partial charge in [-0.1, -0.05) is 6.07 Å². The summed E-state index contributed by atoms with van der Waals surface area (Å²) in [5.74, 6) is -0.548. The molecule has 4 nitrogen and oxygen atoms in total. The lowest BCUT2D eigenvalue weighted by Gasteiger charge is -2.38. The number of halogens is 5. The van der Waals surface area contributed by atoms with Crippen LogP contribution in [0.15, 0.2) is 41.3 Å². The summed E-state index contributed by atoms with van der Waals surface area (Å²) in [4.78, 5) is 0.521. The molecule has 0 spiro atoms. The molecule has 3 rings (SSSR count).